The van der Waals surface area contributed by atoms with Gasteiger partial charge in [-0.25, -0.2) is 0 Å². The fourth-order valence-electron chi connectivity index (χ4n) is 4.93. The van der Waals surface area contributed by atoms with E-state index in [9.17, 15) is 71.5 Å². The van der Waals surface area contributed by atoms with Crippen molar-refractivity contribution in [2.75, 3.05) is 33.0 Å². The standard InChI is InChI=1S/C24H44O21/c25-1-6(28)11(30)21(7(29)2-26)45-24-20(39)17(36)14(33)10(44-24)5-41-23-19(38)16(35)13(32)9(43-23)4-40-22-18(37)15(34)12(31)8(3-27)42-22/h6-39H,1-5H2/t6-,7+,8+,9+,10+,11+,12+,13+,14+,15-,16-,17-,18+,19+,20+,21+,22+,23+,24-/m0/s1. The van der Waals surface area contributed by atoms with Crippen LogP contribution in [0.3, 0.4) is 0 Å². The molecule has 3 saturated heterocycles. The van der Waals surface area contributed by atoms with Gasteiger partial charge in [0.2, 0.25) is 0 Å². The lowest BCUT2D eigenvalue weighted by Crippen LogP contribution is -2.63. The van der Waals surface area contributed by atoms with Crippen LogP contribution in [0.25, 0.3) is 0 Å². The molecule has 15 N–H and O–H groups in total. The number of aliphatic hydroxyl groups excluding tert-OH is 15. The van der Waals surface area contributed by atoms with Crippen LogP contribution in [0.15, 0.2) is 0 Å². The van der Waals surface area contributed by atoms with Gasteiger partial charge in [0.05, 0.1) is 33.0 Å². The first-order valence-corrected chi connectivity index (χ1v) is 14.0. The fraction of sp³-hybridized carbons (Fsp3) is 1.00. The highest BCUT2D eigenvalue weighted by atomic mass is 16.7. The van der Waals surface area contributed by atoms with Gasteiger partial charge in [-0.05, 0) is 0 Å². The van der Waals surface area contributed by atoms with E-state index in [1.165, 1.54) is 0 Å². The van der Waals surface area contributed by atoms with Crippen LogP contribution in [-0.2, 0) is 28.4 Å². The van der Waals surface area contributed by atoms with E-state index in [-0.39, 0.29) is 0 Å². The Morgan fingerprint density at radius 2 is 0.844 bits per heavy atom. The number of ether oxygens (including phenoxy) is 6. The summed E-state index contributed by atoms with van der Waals surface area (Å²) in [5.41, 5.74) is 0. The van der Waals surface area contributed by atoms with E-state index in [1.54, 1.807) is 0 Å². The molecule has 0 bridgehead atoms. The highest BCUT2D eigenvalue weighted by molar-refractivity contribution is 4.94. The molecule has 19 atom stereocenters. The molecular weight excluding hydrogens is 624 g/mol. The van der Waals surface area contributed by atoms with Crippen molar-refractivity contribution in [1.29, 1.82) is 0 Å². The Balaban J connectivity index is 1.65. The molecule has 0 aliphatic carbocycles. The maximum Gasteiger partial charge on any atom is 0.187 e. The molecule has 21 heteroatoms. The zero-order valence-corrected chi connectivity index (χ0v) is 23.7. The molecule has 3 fully saturated rings. The molecule has 0 radical (unpaired) electrons. The first-order valence-electron chi connectivity index (χ1n) is 14.0. The molecule has 0 aromatic rings. The third-order valence-corrected chi connectivity index (χ3v) is 7.81. The lowest BCUT2D eigenvalue weighted by Gasteiger charge is -2.44. The van der Waals surface area contributed by atoms with Crippen LogP contribution >= 0.6 is 0 Å². The molecule has 0 amide bonds. The normalized spacial score (nSPS) is 45.5. The minimum Gasteiger partial charge on any atom is -0.394 e. The second-order valence-corrected chi connectivity index (χ2v) is 11.0. The van der Waals surface area contributed by atoms with Crippen LogP contribution in [0.5, 0.6) is 0 Å². The maximum atomic E-state index is 10.4. The lowest BCUT2D eigenvalue weighted by atomic mass is 9.97. The summed E-state index contributed by atoms with van der Waals surface area (Å²) in [4.78, 5) is 0. The van der Waals surface area contributed by atoms with Gasteiger partial charge in [-0.1, -0.05) is 0 Å². The lowest BCUT2D eigenvalue weighted by molar-refractivity contribution is -0.349. The zero-order chi connectivity index (χ0) is 33.7. The predicted octanol–water partition coefficient (Wildman–Crippen LogP) is -10.1. The van der Waals surface area contributed by atoms with Crippen LogP contribution in [-0.4, -0.2) is 226 Å². The zero-order valence-electron chi connectivity index (χ0n) is 23.7. The van der Waals surface area contributed by atoms with Crippen molar-refractivity contribution in [2.24, 2.45) is 0 Å². The Bertz CT molecular complexity index is 871. The summed E-state index contributed by atoms with van der Waals surface area (Å²) in [6, 6.07) is 0. The first kappa shape index (κ1) is 38.6. The van der Waals surface area contributed by atoms with E-state index in [1.807, 2.05) is 0 Å². The van der Waals surface area contributed by atoms with E-state index < -0.39 is 150 Å². The molecule has 0 aromatic heterocycles. The summed E-state index contributed by atoms with van der Waals surface area (Å²) in [6.07, 6.45) is -34.1. The second-order valence-electron chi connectivity index (χ2n) is 11.0. The highest BCUT2D eigenvalue weighted by Crippen LogP contribution is 2.29. The second kappa shape index (κ2) is 17.0. The van der Waals surface area contributed by atoms with Gasteiger partial charge >= 0.3 is 0 Å². The molecule has 3 aliphatic heterocycles. The van der Waals surface area contributed by atoms with E-state index in [4.69, 9.17) is 33.5 Å². The summed E-state index contributed by atoms with van der Waals surface area (Å²) >= 11 is 0. The van der Waals surface area contributed by atoms with Gasteiger partial charge in [-0.15, -0.1) is 0 Å². The van der Waals surface area contributed by atoms with Crippen LogP contribution in [0, 0.1) is 0 Å². The van der Waals surface area contributed by atoms with Crippen LogP contribution in [0.2, 0.25) is 0 Å². The Labute approximate surface area is 255 Å². The third kappa shape index (κ3) is 8.80. The van der Waals surface area contributed by atoms with E-state index >= 15 is 0 Å². The van der Waals surface area contributed by atoms with Crippen molar-refractivity contribution in [3.8, 4) is 0 Å². The van der Waals surface area contributed by atoms with Crippen LogP contribution in [0.4, 0.5) is 0 Å². The Morgan fingerprint density at radius 1 is 0.467 bits per heavy atom. The summed E-state index contributed by atoms with van der Waals surface area (Å²) in [5.74, 6) is 0. The molecule has 45 heavy (non-hydrogen) atoms. The summed E-state index contributed by atoms with van der Waals surface area (Å²) in [5, 5.41) is 150. The number of aliphatic hydroxyl groups is 15. The Hall–Kier alpha value is -0.840. The van der Waals surface area contributed by atoms with E-state index in [0.717, 1.165) is 0 Å². The van der Waals surface area contributed by atoms with Crippen molar-refractivity contribution < 1.29 is 105 Å². The van der Waals surface area contributed by atoms with Crippen molar-refractivity contribution in [2.45, 2.75) is 117 Å². The summed E-state index contributed by atoms with van der Waals surface area (Å²) in [7, 11) is 0. The van der Waals surface area contributed by atoms with Crippen molar-refractivity contribution in [3.63, 3.8) is 0 Å². The number of hydrogen-bond donors (Lipinski definition) is 15. The third-order valence-electron chi connectivity index (χ3n) is 7.81. The SMILES string of the molecule is OC[C@@H](O)[C@@H](O[C@@H]1O[C@H](CO[C@@H]2O[C@H](CO[C@@H]3O[C@H](CO)[C@@H](O)[C@H](O)[C@H]3O)[C@@H](O)[C@H](O)[C@H]2O)[C@@H](O)[C@H](O)[C@H]1O)[C@H](O)[C@@H](O)CO. The molecule has 0 saturated carbocycles. The van der Waals surface area contributed by atoms with Crippen LogP contribution < -0.4 is 0 Å². The van der Waals surface area contributed by atoms with E-state index in [0.29, 0.717) is 0 Å². The van der Waals surface area contributed by atoms with Crippen molar-refractivity contribution >= 4 is 0 Å². The highest BCUT2D eigenvalue weighted by Gasteiger charge is 2.50. The van der Waals surface area contributed by atoms with Gasteiger partial charge in [0.25, 0.3) is 0 Å². The molecule has 0 aromatic carbocycles. The van der Waals surface area contributed by atoms with Crippen LogP contribution in [0.1, 0.15) is 0 Å². The monoisotopic (exact) mass is 668 g/mol. The Morgan fingerprint density at radius 3 is 1.27 bits per heavy atom. The van der Waals surface area contributed by atoms with Crippen molar-refractivity contribution in [1.82, 2.24) is 0 Å². The Kier molecular flexibility index (Phi) is 14.6. The summed E-state index contributed by atoms with van der Waals surface area (Å²) in [6.45, 7) is -4.15. The van der Waals surface area contributed by atoms with Gasteiger partial charge in [-0.2, -0.15) is 0 Å². The van der Waals surface area contributed by atoms with Crippen molar-refractivity contribution in [3.05, 3.63) is 0 Å². The molecule has 0 spiro atoms. The first-order chi connectivity index (χ1) is 21.2. The van der Waals surface area contributed by atoms with Gasteiger partial charge in [0.1, 0.15) is 97.7 Å². The molecule has 3 rings (SSSR count). The molecule has 3 heterocycles. The average molecular weight is 669 g/mol. The fourth-order valence-corrected chi connectivity index (χ4v) is 4.93. The molecule has 21 nitrogen and oxygen atoms in total. The smallest absolute Gasteiger partial charge is 0.187 e. The number of hydrogen-bond acceptors (Lipinski definition) is 21. The molecular formula is C24H44O21. The van der Waals surface area contributed by atoms with Gasteiger partial charge in [-0.3, -0.25) is 0 Å². The topological polar surface area (TPSA) is 359 Å². The maximum absolute atomic E-state index is 10.4. The average Bonchev–Trinajstić information content (AvgIpc) is 3.04. The molecule has 3 aliphatic rings. The van der Waals surface area contributed by atoms with E-state index in [2.05, 4.69) is 0 Å². The minimum absolute atomic E-state index is 0.659. The molecule has 266 valence electrons. The molecule has 0 unspecified atom stereocenters. The minimum atomic E-state index is -2.02. The van der Waals surface area contributed by atoms with Gasteiger partial charge in [0.15, 0.2) is 18.9 Å². The predicted molar refractivity (Wildman–Crippen MR) is 136 cm³/mol. The number of rotatable bonds is 14. The van der Waals surface area contributed by atoms with Gasteiger partial charge in [0, 0.05) is 0 Å². The summed E-state index contributed by atoms with van der Waals surface area (Å²) < 4.78 is 32.1. The van der Waals surface area contributed by atoms with Gasteiger partial charge < -0.3 is 105 Å². The largest absolute Gasteiger partial charge is 0.394 e. The quantitative estimate of drug-likeness (QED) is 0.0816.